The number of aryl methyl sites for hydroxylation is 1. The van der Waals surface area contributed by atoms with E-state index in [2.05, 4.69) is 9.97 Å². The van der Waals surface area contributed by atoms with Gasteiger partial charge in [-0.3, -0.25) is 0 Å². The zero-order valence-electron chi connectivity index (χ0n) is 12.3. The van der Waals surface area contributed by atoms with Crippen LogP contribution in [0.5, 0.6) is 0 Å². The van der Waals surface area contributed by atoms with Crippen LogP contribution in [0.4, 0.5) is 4.79 Å². The average molecular weight is 298 g/mol. The molecule has 0 radical (unpaired) electrons. The highest BCUT2D eigenvalue weighted by Crippen LogP contribution is 2.28. The van der Waals surface area contributed by atoms with Crippen molar-refractivity contribution in [3.63, 3.8) is 0 Å². The Labute approximate surface area is 124 Å². The minimum absolute atomic E-state index is 0.196. The van der Waals surface area contributed by atoms with Gasteiger partial charge in [-0.15, -0.1) is 0 Å². The van der Waals surface area contributed by atoms with Crippen molar-refractivity contribution in [1.82, 2.24) is 14.9 Å². The fourth-order valence-electron chi connectivity index (χ4n) is 2.26. The molecule has 1 aliphatic rings. The van der Waals surface area contributed by atoms with Crippen LogP contribution < -0.4 is 0 Å². The molecule has 1 aliphatic heterocycles. The predicted octanol–water partition coefficient (Wildman–Crippen LogP) is 3.16. The Balaban J connectivity index is 2.03. The quantitative estimate of drug-likeness (QED) is 0.747. The monoisotopic (exact) mass is 297 g/mol. The molecule has 110 valence electrons. The lowest BCUT2D eigenvalue weighted by molar-refractivity contribution is 0.0292. The first-order chi connectivity index (χ1) is 9.24. The van der Waals surface area contributed by atoms with Crippen LogP contribution in [0.25, 0.3) is 0 Å². The van der Waals surface area contributed by atoms with Gasteiger partial charge in [0.1, 0.15) is 16.6 Å². The molecule has 1 saturated heterocycles. The third-order valence-corrected chi connectivity index (χ3v) is 3.28. The number of carbonyl (C=O) groups is 1. The number of hydrogen-bond acceptors (Lipinski definition) is 4. The molecule has 0 spiro atoms. The van der Waals surface area contributed by atoms with E-state index >= 15 is 0 Å². The number of halogens is 1. The number of carbonyl (C=O) groups excluding carboxylic acids is 1. The van der Waals surface area contributed by atoms with E-state index in [4.69, 9.17) is 16.3 Å². The van der Waals surface area contributed by atoms with Gasteiger partial charge in [-0.25, -0.2) is 14.8 Å². The third kappa shape index (κ3) is 3.82. The fraction of sp³-hybridized carbons (Fsp3) is 0.643. The van der Waals surface area contributed by atoms with Crippen molar-refractivity contribution in [2.24, 2.45) is 0 Å². The summed E-state index contributed by atoms with van der Waals surface area (Å²) in [5.74, 6) is 0.852. The van der Waals surface area contributed by atoms with Gasteiger partial charge in [-0.05, 0) is 40.2 Å². The van der Waals surface area contributed by atoms with Gasteiger partial charge in [0.15, 0.2) is 0 Å². The molecule has 5 nitrogen and oxygen atoms in total. The lowest BCUT2D eigenvalue weighted by Gasteiger charge is -2.24. The summed E-state index contributed by atoms with van der Waals surface area (Å²) in [6.07, 6.45) is 0.600. The summed E-state index contributed by atoms with van der Waals surface area (Å²) in [5, 5.41) is 0.447. The summed E-state index contributed by atoms with van der Waals surface area (Å²) < 4.78 is 5.38. The molecule has 1 atom stereocenters. The predicted molar refractivity (Wildman–Crippen MR) is 76.9 cm³/mol. The molecule has 6 heteroatoms. The average Bonchev–Trinajstić information content (AvgIpc) is 2.74. The van der Waals surface area contributed by atoms with Crippen LogP contribution in [0, 0.1) is 6.92 Å². The number of aromatic nitrogens is 2. The van der Waals surface area contributed by atoms with E-state index in [0.29, 0.717) is 24.1 Å². The maximum Gasteiger partial charge on any atom is 0.410 e. The molecule has 1 aromatic rings. The number of hydrogen-bond donors (Lipinski definition) is 0. The Morgan fingerprint density at radius 1 is 1.45 bits per heavy atom. The van der Waals surface area contributed by atoms with Crippen molar-refractivity contribution >= 4 is 17.7 Å². The summed E-state index contributed by atoms with van der Waals surface area (Å²) >= 11 is 5.96. The zero-order valence-corrected chi connectivity index (χ0v) is 13.1. The van der Waals surface area contributed by atoms with Gasteiger partial charge in [-0.2, -0.15) is 0 Å². The Bertz CT molecular complexity index is 493. The minimum Gasteiger partial charge on any atom is -0.444 e. The molecule has 1 fully saturated rings. The Kier molecular flexibility index (Phi) is 4.18. The molecule has 1 unspecified atom stereocenters. The van der Waals surface area contributed by atoms with Crippen molar-refractivity contribution in [1.29, 1.82) is 0 Å². The first kappa shape index (κ1) is 15.0. The van der Waals surface area contributed by atoms with Crippen LogP contribution in [0.2, 0.25) is 5.15 Å². The van der Waals surface area contributed by atoms with Crippen molar-refractivity contribution < 1.29 is 9.53 Å². The lowest BCUT2D eigenvalue weighted by atomic mass is 10.1. The second-order valence-electron chi connectivity index (χ2n) is 6.07. The van der Waals surface area contributed by atoms with Crippen LogP contribution >= 0.6 is 11.6 Å². The van der Waals surface area contributed by atoms with Gasteiger partial charge in [0.2, 0.25) is 0 Å². The van der Waals surface area contributed by atoms with E-state index in [1.165, 1.54) is 0 Å². The van der Waals surface area contributed by atoms with Crippen LogP contribution in [0.15, 0.2) is 6.07 Å². The molecule has 20 heavy (non-hydrogen) atoms. The van der Waals surface area contributed by atoms with E-state index in [9.17, 15) is 4.79 Å². The van der Waals surface area contributed by atoms with Gasteiger partial charge in [0, 0.05) is 19.0 Å². The van der Waals surface area contributed by atoms with Crippen molar-refractivity contribution in [2.45, 2.75) is 45.6 Å². The van der Waals surface area contributed by atoms with Gasteiger partial charge < -0.3 is 9.64 Å². The zero-order chi connectivity index (χ0) is 14.9. The number of rotatable bonds is 1. The molecule has 1 amide bonds. The van der Waals surface area contributed by atoms with Gasteiger partial charge >= 0.3 is 6.09 Å². The minimum atomic E-state index is -0.468. The molecule has 2 rings (SSSR count). The Hall–Kier alpha value is -1.36. The summed E-state index contributed by atoms with van der Waals surface area (Å²) in [6, 6.07) is 1.78. The van der Waals surface area contributed by atoms with Gasteiger partial charge in [0.05, 0.1) is 5.69 Å². The summed E-state index contributed by atoms with van der Waals surface area (Å²) in [7, 11) is 0. The number of nitrogens with zero attached hydrogens (tertiary/aromatic N) is 3. The number of amides is 1. The normalized spacial score (nSPS) is 19.2. The van der Waals surface area contributed by atoms with E-state index in [1.54, 1.807) is 11.0 Å². The fourth-order valence-corrected chi connectivity index (χ4v) is 2.49. The SMILES string of the molecule is Cc1nc(Cl)cc(C2CCN(C(=O)OC(C)(C)C)C2)n1. The molecule has 2 heterocycles. The van der Waals surface area contributed by atoms with Crippen molar-refractivity contribution in [3.8, 4) is 0 Å². The lowest BCUT2D eigenvalue weighted by Crippen LogP contribution is -2.35. The first-order valence-corrected chi connectivity index (χ1v) is 7.11. The van der Waals surface area contributed by atoms with E-state index in [0.717, 1.165) is 12.1 Å². The van der Waals surface area contributed by atoms with Crippen molar-refractivity contribution in [3.05, 3.63) is 22.7 Å². The maximum absolute atomic E-state index is 12.0. The topological polar surface area (TPSA) is 55.3 Å². The second-order valence-corrected chi connectivity index (χ2v) is 6.46. The van der Waals surface area contributed by atoms with Gasteiger partial charge in [-0.1, -0.05) is 11.6 Å². The maximum atomic E-state index is 12.0. The Morgan fingerprint density at radius 3 is 2.75 bits per heavy atom. The molecule has 1 aromatic heterocycles. The highest BCUT2D eigenvalue weighted by Gasteiger charge is 2.31. The summed E-state index contributed by atoms with van der Waals surface area (Å²) in [4.78, 5) is 22.2. The highest BCUT2D eigenvalue weighted by atomic mass is 35.5. The van der Waals surface area contributed by atoms with Gasteiger partial charge in [0.25, 0.3) is 0 Å². The van der Waals surface area contributed by atoms with E-state index in [1.807, 2.05) is 27.7 Å². The van der Waals surface area contributed by atoms with Crippen LogP contribution in [-0.2, 0) is 4.74 Å². The van der Waals surface area contributed by atoms with Crippen LogP contribution in [0.3, 0.4) is 0 Å². The summed E-state index contributed by atoms with van der Waals surface area (Å²) in [5.41, 5.74) is 0.429. The molecule has 0 saturated carbocycles. The number of ether oxygens (including phenoxy) is 1. The third-order valence-electron chi connectivity index (χ3n) is 3.08. The Morgan fingerprint density at radius 2 is 2.15 bits per heavy atom. The number of likely N-dealkylation sites (tertiary alicyclic amines) is 1. The van der Waals surface area contributed by atoms with Crippen molar-refractivity contribution in [2.75, 3.05) is 13.1 Å². The summed E-state index contributed by atoms with van der Waals surface area (Å²) in [6.45, 7) is 8.71. The largest absolute Gasteiger partial charge is 0.444 e. The molecular weight excluding hydrogens is 278 g/mol. The highest BCUT2D eigenvalue weighted by molar-refractivity contribution is 6.29. The molecular formula is C14H20ClN3O2. The molecule has 0 N–H and O–H groups in total. The first-order valence-electron chi connectivity index (χ1n) is 6.73. The van der Waals surface area contributed by atoms with E-state index in [-0.39, 0.29) is 12.0 Å². The smallest absolute Gasteiger partial charge is 0.410 e. The molecule has 0 bridgehead atoms. The molecule has 0 aromatic carbocycles. The van der Waals surface area contributed by atoms with E-state index < -0.39 is 5.60 Å². The molecule has 0 aliphatic carbocycles. The standard InChI is InChI=1S/C14H20ClN3O2/c1-9-16-11(7-12(15)17-9)10-5-6-18(8-10)13(19)20-14(2,3)4/h7,10H,5-6,8H2,1-4H3. The van der Waals surface area contributed by atoms with Crippen LogP contribution in [0.1, 0.15) is 44.6 Å². The van der Waals surface area contributed by atoms with Crippen LogP contribution in [-0.4, -0.2) is 39.7 Å². The second kappa shape index (κ2) is 5.56.